The van der Waals surface area contributed by atoms with Gasteiger partial charge in [-0.2, -0.15) is 0 Å². The molecule has 1 aliphatic rings. The van der Waals surface area contributed by atoms with Crippen molar-refractivity contribution in [1.82, 2.24) is 5.32 Å². The number of carboxylic acid groups (broad SMARTS) is 1. The molecule has 0 bridgehead atoms. The Balaban J connectivity index is 2.11. The van der Waals surface area contributed by atoms with E-state index in [1.54, 1.807) is 0 Å². The predicted octanol–water partition coefficient (Wildman–Crippen LogP) is 0.451. The standard InChI is InChI=1S/C12H13FN2O4/c13-8-2-1-7(12(17)18)5-9(8)15-11(16)10-6-14-3-4-19-10/h1-2,5,10,14H,3-4,6H2,(H,15,16)(H,17,18). The Labute approximate surface area is 108 Å². The minimum absolute atomic E-state index is 0.0978. The zero-order chi connectivity index (χ0) is 13.8. The first-order valence-electron chi connectivity index (χ1n) is 5.74. The van der Waals surface area contributed by atoms with E-state index in [4.69, 9.17) is 9.84 Å². The molecule has 1 saturated heterocycles. The first kappa shape index (κ1) is 13.4. The molecule has 1 fully saturated rings. The van der Waals surface area contributed by atoms with Gasteiger partial charge in [0.15, 0.2) is 0 Å². The maximum Gasteiger partial charge on any atom is 0.335 e. The summed E-state index contributed by atoms with van der Waals surface area (Å²) in [6.45, 7) is 1.40. The monoisotopic (exact) mass is 268 g/mol. The van der Waals surface area contributed by atoms with E-state index in [2.05, 4.69) is 10.6 Å². The number of amides is 1. The molecule has 1 aliphatic heterocycles. The molecule has 1 atom stereocenters. The van der Waals surface area contributed by atoms with Crippen LogP contribution in [0.2, 0.25) is 0 Å². The number of rotatable bonds is 3. The average molecular weight is 268 g/mol. The van der Waals surface area contributed by atoms with Gasteiger partial charge < -0.3 is 20.5 Å². The summed E-state index contributed by atoms with van der Waals surface area (Å²) >= 11 is 0. The van der Waals surface area contributed by atoms with Crippen molar-refractivity contribution in [1.29, 1.82) is 0 Å². The van der Waals surface area contributed by atoms with Crippen LogP contribution in [-0.4, -0.2) is 42.8 Å². The lowest BCUT2D eigenvalue weighted by atomic mass is 10.2. The number of aromatic carboxylic acids is 1. The van der Waals surface area contributed by atoms with Crippen LogP contribution in [-0.2, 0) is 9.53 Å². The van der Waals surface area contributed by atoms with Gasteiger partial charge in [0.1, 0.15) is 11.9 Å². The molecule has 1 aromatic carbocycles. The molecule has 1 aromatic rings. The van der Waals surface area contributed by atoms with Crippen LogP contribution >= 0.6 is 0 Å². The van der Waals surface area contributed by atoms with Gasteiger partial charge in [-0.25, -0.2) is 9.18 Å². The first-order chi connectivity index (χ1) is 9.08. The SMILES string of the molecule is O=C(O)c1ccc(F)c(NC(=O)C2CNCCO2)c1. The van der Waals surface area contributed by atoms with E-state index in [0.717, 1.165) is 18.2 Å². The van der Waals surface area contributed by atoms with Crippen molar-refractivity contribution in [3.05, 3.63) is 29.6 Å². The molecule has 1 amide bonds. The smallest absolute Gasteiger partial charge is 0.335 e. The number of morpholine rings is 1. The molecule has 1 heterocycles. The number of nitrogens with one attached hydrogen (secondary N) is 2. The van der Waals surface area contributed by atoms with Crippen molar-refractivity contribution in [2.24, 2.45) is 0 Å². The molecule has 1 unspecified atom stereocenters. The van der Waals surface area contributed by atoms with Crippen molar-refractivity contribution in [2.45, 2.75) is 6.10 Å². The van der Waals surface area contributed by atoms with Gasteiger partial charge in [-0.1, -0.05) is 0 Å². The minimum atomic E-state index is -1.19. The largest absolute Gasteiger partial charge is 0.478 e. The lowest BCUT2D eigenvalue weighted by Gasteiger charge is -2.22. The zero-order valence-electron chi connectivity index (χ0n) is 9.98. The van der Waals surface area contributed by atoms with Crippen LogP contribution in [0.1, 0.15) is 10.4 Å². The lowest BCUT2D eigenvalue weighted by molar-refractivity contribution is -0.128. The fourth-order valence-corrected chi connectivity index (χ4v) is 1.70. The predicted molar refractivity (Wildman–Crippen MR) is 64.6 cm³/mol. The van der Waals surface area contributed by atoms with E-state index in [1.807, 2.05) is 0 Å². The van der Waals surface area contributed by atoms with Gasteiger partial charge in [0, 0.05) is 13.1 Å². The summed E-state index contributed by atoms with van der Waals surface area (Å²) < 4.78 is 18.7. The van der Waals surface area contributed by atoms with Crippen molar-refractivity contribution in [3.8, 4) is 0 Å². The highest BCUT2D eigenvalue weighted by atomic mass is 19.1. The van der Waals surface area contributed by atoms with Gasteiger partial charge in [-0.05, 0) is 18.2 Å². The highest BCUT2D eigenvalue weighted by Gasteiger charge is 2.22. The Morgan fingerprint density at radius 3 is 2.89 bits per heavy atom. The molecule has 7 heteroatoms. The van der Waals surface area contributed by atoms with Crippen molar-refractivity contribution in [2.75, 3.05) is 25.0 Å². The molecule has 2 rings (SSSR count). The molecular formula is C12H13FN2O4. The van der Waals surface area contributed by atoms with Crippen LogP contribution in [0.25, 0.3) is 0 Å². The Bertz CT molecular complexity index is 501. The number of carboxylic acids is 1. The van der Waals surface area contributed by atoms with Crippen LogP contribution in [0.3, 0.4) is 0 Å². The Morgan fingerprint density at radius 1 is 1.47 bits per heavy atom. The van der Waals surface area contributed by atoms with E-state index in [-0.39, 0.29) is 11.3 Å². The molecule has 3 N–H and O–H groups in total. The van der Waals surface area contributed by atoms with Gasteiger partial charge in [-0.3, -0.25) is 4.79 Å². The molecule has 6 nitrogen and oxygen atoms in total. The highest BCUT2D eigenvalue weighted by molar-refractivity contribution is 5.96. The van der Waals surface area contributed by atoms with Crippen molar-refractivity contribution >= 4 is 17.6 Å². The number of halogens is 1. The molecule has 0 saturated carbocycles. The fraction of sp³-hybridized carbons (Fsp3) is 0.333. The second-order valence-corrected chi connectivity index (χ2v) is 4.05. The molecule has 0 aliphatic carbocycles. The molecular weight excluding hydrogens is 255 g/mol. The van der Waals surface area contributed by atoms with Gasteiger partial charge in [0.25, 0.3) is 5.91 Å². The molecule has 19 heavy (non-hydrogen) atoms. The van der Waals surface area contributed by atoms with E-state index in [9.17, 15) is 14.0 Å². The van der Waals surface area contributed by atoms with Crippen LogP contribution in [0.5, 0.6) is 0 Å². The van der Waals surface area contributed by atoms with E-state index < -0.39 is 23.8 Å². The summed E-state index contributed by atoms with van der Waals surface area (Å²) in [6, 6.07) is 3.21. The van der Waals surface area contributed by atoms with Crippen molar-refractivity contribution < 1.29 is 23.8 Å². The maximum absolute atomic E-state index is 13.5. The van der Waals surface area contributed by atoms with Gasteiger partial charge >= 0.3 is 5.97 Å². The fourth-order valence-electron chi connectivity index (χ4n) is 1.70. The summed E-state index contributed by atoms with van der Waals surface area (Å²) in [6.07, 6.45) is -0.707. The Kier molecular flexibility index (Phi) is 4.08. The summed E-state index contributed by atoms with van der Waals surface area (Å²) in [5.74, 6) is -2.39. The van der Waals surface area contributed by atoms with Crippen LogP contribution in [0.15, 0.2) is 18.2 Å². The number of anilines is 1. The normalized spacial score (nSPS) is 18.9. The lowest BCUT2D eigenvalue weighted by Crippen LogP contribution is -2.45. The number of ether oxygens (including phenoxy) is 1. The van der Waals surface area contributed by atoms with Crippen molar-refractivity contribution in [3.63, 3.8) is 0 Å². The summed E-state index contributed by atoms with van der Waals surface area (Å²) in [7, 11) is 0. The second kappa shape index (κ2) is 5.77. The molecule has 0 radical (unpaired) electrons. The third-order valence-corrected chi connectivity index (χ3v) is 2.69. The molecule has 102 valence electrons. The quantitative estimate of drug-likeness (QED) is 0.741. The molecule has 0 aromatic heterocycles. The van der Waals surface area contributed by atoms with Crippen LogP contribution < -0.4 is 10.6 Å². The highest BCUT2D eigenvalue weighted by Crippen LogP contribution is 2.17. The van der Waals surface area contributed by atoms with E-state index in [0.29, 0.717) is 19.7 Å². The minimum Gasteiger partial charge on any atom is -0.478 e. The second-order valence-electron chi connectivity index (χ2n) is 4.05. The number of carbonyl (C=O) groups excluding carboxylic acids is 1. The third-order valence-electron chi connectivity index (χ3n) is 2.69. The van der Waals surface area contributed by atoms with Crippen LogP contribution in [0.4, 0.5) is 10.1 Å². The summed E-state index contributed by atoms with van der Waals surface area (Å²) in [5, 5.41) is 14.1. The Hall–Kier alpha value is -1.99. The Morgan fingerprint density at radius 2 is 2.26 bits per heavy atom. The number of carbonyl (C=O) groups is 2. The maximum atomic E-state index is 13.5. The number of benzene rings is 1. The topological polar surface area (TPSA) is 87.7 Å². The van der Waals surface area contributed by atoms with Gasteiger partial charge in [0.2, 0.25) is 0 Å². The zero-order valence-corrected chi connectivity index (χ0v) is 9.98. The number of hydrogen-bond acceptors (Lipinski definition) is 4. The number of hydrogen-bond donors (Lipinski definition) is 3. The van der Waals surface area contributed by atoms with Gasteiger partial charge in [0.05, 0.1) is 17.9 Å². The first-order valence-corrected chi connectivity index (χ1v) is 5.74. The van der Waals surface area contributed by atoms with E-state index in [1.165, 1.54) is 0 Å². The van der Waals surface area contributed by atoms with E-state index >= 15 is 0 Å². The van der Waals surface area contributed by atoms with Gasteiger partial charge in [-0.15, -0.1) is 0 Å². The summed E-state index contributed by atoms with van der Waals surface area (Å²) in [4.78, 5) is 22.6. The van der Waals surface area contributed by atoms with Crippen LogP contribution in [0, 0.1) is 5.82 Å². The summed E-state index contributed by atoms with van der Waals surface area (Å²) in [5.41, 5.74) is -0.265. The molecule has 0 spiro atoms. The average Bonchev–Trinajstić information content (AvgIpc) is 2.42. The third kappa shape index (κ3) is 3.27.